The predicted octanol–water partition coefficient (Wildman–Crippen LogP) is 3.90. The number of rotatable bonds is 2. The van der Waals surface area contributed by atoms with Crippen molar-refractivity contribution < 1.29 is 4.74 Å². The van der Waals surface area contributed by atoms with E-state index >= 15 is 0 Å². The Labute approximate surface area is 93.3 Å². The lowest BCUT2D eigenvalue weighted by molar-refractivity contribution is 0.183. The fraction of sp³-hybridized carbons (Fsp3) is 0.700. The van der Waals surface area contributed by atoms with E-state index in [0.717, 1.165) is 18.0 Å². The van der Waals surface area contributed by atoms with Gasteiger partial charge in [-0.2, -0.15) is 4.98 Å². The Morgan fingerprint density at radius 3 is 2.57 bits per heavy atom. The maximum Gasteiger partial charge on any atom is 0.274 e. The lowest BCUT2D eigenvalue weighted by atomic mass is 10.2. The van der Waals surface area contributed by atoms with Crippen molar-refractivity contribution in [3.05, 3.63) is 10.5 Å². The molecule has 0 radical (unpaired) electrons. The summed E-state index contributed by atoms with van der Waals surface area (Å²) < 4.78 is 5.78. The lowest BCUT2D eigenvalue weighted by Crippen LogP contribution is -2.14. The zero-order valence-corrected chi connectivity index (χ0v) is 9.61. The van der Waals surface area contributed by atoms with E-state index in [9.17, 15) is 0 Å². The number of hydrogen-bond donors (Lipinski definition) is 0. The molecular weight excluding hydrogens is 218 g/mol. The Morgan fingerprint density at radius 2 is 2.00 bits per heavy atom. The number of nitrogens with zero attached hydrogens (tertiary/aromatic N) is 1. The molecule has 0 aliphatic heterocycles. The maximum absolute atomic E-state index is 5.78. The second-order valence-corrected chi connectivity index (χ2v) is 4.88. The highest BCUT2D eigenvalue weighted by Gasteiger charge is 2.14. The van der Waals surface area contributed by atoms with Gasteiger partial charge in [-0.1, -0.05) is 35.8 Å². The summed E-state index contributed by atoms with van der Waals surface area (Å²) in [5, 5.41) is 3.08. The molecule has 0 atom stereocenters. The Balaban J connectivity index is 1.89. The largest absolute Gasteiger partial charge is 0.467 e. The average Bonchev–Trinajstić information content (AvgIpc) is 2.43. The fourth-order valence-corrected chi connectivity index (χ4v) is 2.65. The van der Waals surface area contributed by atoms with Gasteiger partial charge in [0.05, 0.1) is 0 Å². The summed E-state index contributed by atoms with van der Waals surface area (Å²) in [6.45, 7) is 0. The van der Waals surface area contributed by atoms with Crippen molar-refractivity contribution in [1.29, 1.82) is 0 Å². The molecular formula is C10H14ClNOS. The minimum Gasteiger partial charge on any atom is -0.467 e. The minimum absolute atomic E-state index is 0.361. The summed E-state index contributed by atoms with van der Waals surface area (Å²) in [4.78, 5) is 4.10. The van der Waals surface area contributed by atoms with Crippen molar-refractivity contribution in [1.82, 2.24) is 4.98 Å². The van der Waals surface area contributed by atoms with E-state index in [1.807, 2.05) is 5.38 Å². The SMILES string of the molecule is Clc1csc(OC2CCCCCC2)n1. The van der Waals surface area contributed by atoms with E-state index in [-0.39, 0.29) is 0 Å². The Hall–Kier alpha value is -0.280. The molecule has 4 heteroatoms. The smallest absolute Gasteiger partial charge is 0.274 e. The van der Waals surface area contributed by atoms with Crippen LogP contribution in [-0.4, -0.2) is 11.1 Å². The minimum atomic E-state index is 0.361. The van der Waals surface area contributed by atoms with Crippen molar-refractivity contribution >= 4 is 22.9 Å². The third-order valence-corrected chi connectivity index (χ3v) is 3.58. The molecule has 1 heterocycles. The summed E-state index contributed by atoms with van der Waals surface area (Å²) >= 11 is 7.21. The first-order valence-electron chi connectivity index (χ1n) is 5.12. The van der Waals surface area contributed by atoms with E-state index in [0.29, 0.717) is 11.3 Å². The number of thiazole rings is 1. The Morgan fingerprint density at radius 1 is 1.29 bits per heavy atom. The van der Waals surface area contributed by atoms with Gasteiger partial charge in [0, 0.05) is 5.38 Å². The van der Waals surface area contributed by atoms with Gasteiger partial charge >= 0.3 is 0 Å². The van der Waals surface area contributed by atoms with Crippen LogP contribution in [0.5, 0.6) is 5.19 Å². The molecule has 0 saturated heterocycles. The molecule has 2 rings (SSSR count). The van der Waals surface area contributed by atoms with Gasteiger partial charge in [-0.05, 0) is 25.7 Å². The second kappa shape index (κ2) is 4.99. The third-order valence-electron chi connectivity index (χ3n) is 2.52. The molecule has 0 unspecified atom stereocenters. The molecule has 0 amide bonds. The van der Waals surface area contributed by atoms with Gasteiger partial charge in [-0.25, -0.2) is 0 Å². The zero-order valence-electron chi connectivity index (χ0n) is 8.04. The van der Waals surface area contributed by atoms with Crippen LogP contribution in [-0.2, 0) is 0 Å². The van der Waals surface area contributed by atoms with Gasteiger partial charge in [-0.3, -0.25) is 0 Å². The second-order valence-electron chi connectivity index (χ2n) is 3.67. The summed E-state index contributed by atoms with van der Waals surface area (Å²) in [5.41, 5.74) is 0. The molecule has 14 heavy (non-hydrogen) atoms. The number of halogens is 1. The van der Waals surface area contributed by atoms with Gasteiger partial charge in [0.1, 0.15) is 11.3 Å². The molecule has 0 N–H and O–H groups in total. The van der Waals surface area contributed by atoms with Crippen molar-refractivity contribution in [3.63, 3.8) is 0 Å². The summed E-state index contributed by atoms with van der Waals surface area (Å²) in [6.07, 6.45) is 7.94. The van der Waals surface area contributed by atoms with Gasteiger partial charge < -0.3 is 4.74 Å². The van der Waals surface area contributed by atoms with Crippen molar-refractivity contribution in [2.24, 2.45) is 0 Å². The summed E-state index contributed by atoms with van der Waals surface area (Å²) in [7, 11) is 0. The van der Waals surface area contributed by atoms with Crippen LogP contribution in [0.3, 0.4) is 0 Å². The van der Waals surface area contributed by atoms with Crippen LogP contribution in [0.25, 0.3) is 0 Å². The first-order chi connectivity index (χ1) is 6.84. The number of ether oxygens (including phenoxy) is 1. The van der Waals surface area contributed by atoms with E-state index in [1.54, 1.807) is 0 Å². The maximum atomic E-state index is 5.78. The molecule has 1 aromatic heterocycles. The Kier molecular flexibility index (Phi) is 3.65. The molecule has 1 fully saturated rings. The first kappa shape index (κ1) is 10.2. The van der Waals surface area contributed by atoms with Gasteiger partial charge in [0.25, 0.3) is 5.19 Å². The van der Waals surface area contributed by atoms with Crippen molar-refractivity contribution in [2.45, 2.75) is 44.6 Å². The van der Waals surface area contributed by atoms with E-state index in [4.69, 9.17) is 16.3 Å². The standard InChI is InChI=1S/C10H14ClNOS/c11-9-7-14-10(12-9)13-8-5-3-1-2-4-6-8/h7-8H,1-6H2. The van der Waals surface area contributed by atoms with Crippen LogP contribution in [0.2, 0.25) is 5.15 Å². The summed E-state index contributed by atoms with van der Waals surface area (Å²) in [6, 6.07) is 0. The lowest BCUT2D eigenvalue weighted by Gasteiger charge is -2.13. The molecule has 1 aliphatic rings. The molecule has 1 aliphatic carbocycles. The molecule has 78 valence electrons. The molecule has 0 aromatic carbocycles. The van der Waals surface area contributed by atoms with Gasteiger partial charge in [-0.15, -0.1) is 0 Å². The Bertz CT molecular complexity index is 281. The molecule has 2 nitrogen and oxygen atoms in total. The van der Waals surface area contributed by atoms with Crippen LogP contribution >= 0.6 is 22.9 Å². The fourth-order valence-electron chi connectivity index (χ4n) is 1.80. The van der Waals surface area contributed by atoms with Gasteiger partial charge in [0.2, 0.25) is 0 Å². The highest BCUT2D eigenvalue weighted by molar-refractivity contribution is 7.11. The highest BCUT2D eigenvalue weighted by atomic mass is 35.5. The topological polar surface area (TPSA) is 22.1 Å². The number of hydrogen-bond acceptors (Lipinski definition) is 3. The summed E-state index contributed by atoms with van der Waals surface area (Å²) in [5.74, 6) is 0. The molecule has 1 saturated carbocycles. The number of aromatic nitrogens is 1. The van der Waals surface area contributed by atoms with E-state index in [2.05, 4.69) is 4.98 Å². The van der Waals surface area contributed by atoms with Crippen LogP contribution in [0.15, 0.2) is 5.38 Å². The molecule has 1 aromatic rings. The first-order valence-corrected chi connectivity index (χ1v) is 6.38. The normalized spacial score (nSPS) is 19.2. The third kappa shape index (κ3) is 2.85. The average molecular weight is 232 g/mol. The molecule has 0 spiro atoms. The zero-order chi connectivity index (χ0) is 9.80. The highest BCUT2D eigenvalue weighted by Crippen LogP contribution is 2.26. The van der Waals surface area contributed by atoms with Crippen LogP contribution in [0.4, 0.5) is 0 Å². The molecule has 0 bridgehead atoms. The van der Waals surface area contributed by atoms with Gasteiger partial charge in [0.15, 0.2) is 0 Å². The van der Waals surface area contributed by atoms with Crippen LogP contribution in [0, 0.1) is 0 Å². The predicted molar refractivity (Wildman–Crippen MR) is 59.2 cm³/mol. The van der Waals surface area contributed by atoms with Crippen molar-refractivity contribution in [3.8, 4) is 5.19 Å². The van der Waals surface area contributed by atoms with E-state index in [1.165, 1.54) is 37.0 Å². The van der Waals surface area contributed by atoms with Crippen LogP contribution in [0.1, 0.15) is 38.5 Å². The van der Waals surface area contributed by atoms with Crippen molar-refractivity contribution in [2.75, 3.05) is 0 Å². The quantitative estimate of drug-likeness (QED) is 0.721. The van der Waals surface area contributed by atoms with E-state index < -0.39 is 0 Å². The van der Waals surface area contributed by atoms with Crippen LogP contribution < -0.4 is 4.74 Å². The monoisotopic (exact) mass is 231 g/mol.